The average Bonchev–Trinajstić information content (AvgIpc) is 2.25. The topological polar surface area (TPSA) is 68.9 Å². The Morgan fingerprint density at radius 1 is 1.56 bits per heavy atom. The zero-order valence-corrected chi connectivity index (χ0v) is 7.99. The molecule has 1 unspecified atom stereocenters. The van der Waals surface area contributed by atoms with Crippen LogP contribution in [0.1, 0.15) is 5.56 Å². The Hall–Kier alpha value is -1.81. The van der Waals surface area contributed by atoms with E-state index in [9.17, 15) is 13.2 Å². The number of pyridine rings is 1. The van der Waals surface area contributed by atoms with Crippen LogP contribution >= 0.6 is 0 Å². The number of halogens is 3. The second-order valence-electron chi connectivity index (χ2n) is 2.98. The van der Waals surface area contributed by atoms with Crippen molar-refractivity contribution in [3.8, 4) is 6.07 Å². The summed E-state index contributed by atoms with van der Waals surface area (Å²) < 4.78 is 35.8. The molecule has 0 aliphatic rings. The highest BCUT2D eigenvalue weighted by atomic mass is 19.4. The fraction of sp³-hybridized carbons (Fsp3) is 0.333. The average molecular weight is 231 g/mol. The number of aliphatic hydroxyl groups excluding tert-OH is 1. The van der Waals surface area contributed by atoms with Gasteiger partial charge in [0.1, 0.15) is 5.82 Å². The fourth-order valence-corrected chi connectivity index (χ4v) is 0.914. The number of alkyl halides is 3. The molecule has 86 valence electrons. The molecule has 2 N–H and O–H groups in total. The zero-order valence-electron chi connectivity index (χ0n) is 7.99. The van der Waals surface area contributed by atoms with Gasteiger partial charge in [0, 0.05) is 6.20 Å². The molecule has 1 aromatic rings. The van der Waals surface area contributed by atoms with E-state index in [4.69, 9.17) is 10.4 Å². The van der Waals surface area contributed by atoms with Gasteiger partial charge in [-0.1, -0.05) is 0 Å². The number of nitrogens with zero attached hydrogens (tertiary/aromatic N) is 2. The van der Waals surface area contributed by atoms with E-state index in [0.29, 0.717) is 0 Å². The summed E-state index contributed by atoms with van der Waals surface area (Å²) in [7, 11) is 0. The van der Waals surface area contributed by atoms with Gasteiger partial charge >= 0.3 is 6.18 Å². The molecule has 0 fully saturated rings. The van der Waals surface area contributed by atoms with E-state index in [1.54, 1.807) is 0 Å². The minimum Gasteiger partial charge on any atom is -0.382 e. The predicted molar refractivity (Wildman–Crippen MR) is 49.5 cm³/mol. The highest BCUT2D eigenvalue weighted by Gasteiger charge is 2.37. The standard InChI is InChI=1S/C9H8F3N3O/c10-9(11,12)7(16)5-15-8-3-6(4-13)1-2-14-8/h1-3,7,16H,5H2,(H,14,15). The molecule has 0 bridgehead atoms. The lowest BCUT2D eigenvalue weighted by Crippen LogP contribution is -2.35. The third-order valence-corrected chi connectivity index (χ3v) is 1.74. The van der Waals surface area contributed by atoms with Gasteiger partial charge in [-0.2, -0.15) is 18.4 Å². The van der Waals surface area contributed by atoms with E-state index < -0.39 is 18.8 Å². The molecule has 0 amide bonds. The van der Waals surface area contributed by atoms with Crippen LogP contribution in [0.15, 0.2) is 18.3 Å². The van der Waals surface area contributed by atoms with Gasteiger partial charge in [-0.05, 0) is 12.1 Å². The highest BCUT2D eigenvalue weighted by molar-refractivity contribution is 5.42. The summed E-state index contributed by atoms with van der Waals surface area (Å²) in [4.78, 5) is 3.70. The van der Waals surface area contributed by atoms with Crippen molar-refractivity contribution in [3.05, 3.63) is 23.9 Å². The number of hydrogen-bond acceptors (Lipinski definition) is 4. The van der Waals surface area contributed by atoms with Gasteiger partial charge in [-0.3, -0.25) is 0 Å². The van der Waals surface area contributed by atoms with E-state index in [1.165, 1.54) is 18.3 Å². The van der Waals surface area contributed by atoms with E-state index >= 15 is 0 Å². The molecule has 0 spiro atoms. The smallest absolute Gasteiger partial charge is 0.382 e. The summed E-state index contributed by atoms with van der Waals surface area (Å²) in [6.07, 6.45) is -5.83. The number of hydrogen-bond donors (Lipinski definition) is 2. The lowest BCUT2D eigenvalue weighted by Gasteiger charge is -2.15. The van der Waals surface area contributed by atoms with E-state index in [0.717, 1.165) is 0 Å². The Balaban J connectivity index is 2.59. The molecule has 0 aliphatic heterocycles. The monoisotopic (exact) mass is 231 g/mol. The molecule has 0 aromatic carbocycles. The van der Waals surface area contributed by atoms with Crippen LogP contribution in [0.2, 0.25) is 0 Å². The molecule has 16 heavy (non-hydrogen) atoms. The SMILES string of the molecule is N#Cc1ccnc(NCC(O)C(F)(F)F)c1. The lowest BCUT2D eigenvalue weighted by molar-refractivity contribution is -0.198. The Morgan fingerprint density at radius 2 is 2.25 bits per heavy atom. The first-order valence-electron chi connectivity index (χ1n) is 4.28. The quantitative estimate of drug-likeness (QED) is 0.822. The number of aromatic nitrogens is 1. The van der Waals surface area contributed by atoms with Gasteiger partial charge < -0.3 is 10.4 Å². The third kappa shape index (κ3) is 3.40. The molecule has 0 aliphatic carbocycles. The van der Waals surface area contributed by atoms with Gasteiger partial charge in [0.25, 0.3) is 0 Å². The van der Waals surface area contributed by atoms with E-state index in [-0.39, 0.29) is 11.4 Å². The number of nitriles is 1. The number of rotatable bonds is 3. The van der Waals surface area contributed by atoms with Crippen LogP contribution < -0.4 is 5.32 Å². The second-order valence-corrected chi connectivity index (χ2v) is 2.98. The van der Waals surface area contributed by atoms with E-state index in [1.807, 2.05) is 6.07 Å². The van der Waals surface area contributed by atoms with Crippen molar-refractivity contribution in [2.24, 2.45) is 0 Å². The van der Waals surface area contributed by atoms with Crippen molar-refractivity contribution >= 4 is 5.82 Å². The van der Waals surface area contributed by atoms with Crippen LogP contribution in [0.4, 0.5) is 19.0 Å². The molecule has 1 heterocycles. The Labute approximate surface area is 89.3 Å². The molecule has 1 aromatic heterocycles. The van der Waals surface area contributed by atoms with Crippen LogP contribution in [-0.4, -0.2) is 28.9 Å². The first-order valence-corrected chi connectivity index (χ1v) is 4.28. The summed E-state index contributed by atoms with van der Waals surface area (Å²) in [5, 5.41) is 19.5. The zero-order chi connectivity index (χ0) is 12.2. The molecule has 0 radical (unpaired) electrons. The number of nitrogens with one attached hydrogen (secondary N) is 1. The normalized spacial score (nSPS) is 12.9. The predicted octanol–water partition coefficient (Wildman–Crippen LogP) is 1.29. The van der Waals surface area contributed by atoms with Crippen LogP contribution in [0.3, 0.4) is 0 Å². The molecule has 4 nitrogen and oxygen atoms in total. The lowest BCUT2D eigenvalue weighted by atomic mass is 10.3. The van der Waals surface area contributed by atoms with Crippen molar-refractivity contribution in [2.75, 3.05) is 11.9 Å². The number of anilines is 1. The van der Waals surface area contributed by atoms with Gasteiger partial charge in [-0.15, -0.1) is 0 Å². The molecule has 0 saturated carbocycles. The minimum absolute atomic E-state index is 0.113. The second kappa shape index (κ2) is 4.81. The van der Waals surface area contributed by atoms with Crippen LogP contribution in [-0.2, 0) is 0 Å². The third-order valence-electron chi connectivity index (χ3n) is 1.74. The van der Waals surface area contributed by atoms with Gasteiger partial charge in [0.05, 0.1) is 18.2 Å². The van der Waals surface area contributed by atoms with Crippen LogP contribution in [0.5, 0.6) is 0 Å². The Kier molecular flexibility index (Phi) is 3.68. The maximum absolute atomic E-state index is 11.9. The molecule has 7 heteroatoms. The summed E-state index contributed by atoms with van der Waals surface area (Å²) in [5.74, 6) is 0.113. The summed E-state index contributed by atoms with van der Waals surface area (Å²) in [6, 6.07) is 4.54. The fourth-order valence-electron chi connectivity index (χ4n) is 0.914. The van der Waals surface area contributed by atoms with Crippen molar-refractivity contribution in [3.63, 3.8) is 0 Å². The van der Waals surface area contributed by atoms with Crippen molar-refractivity contribution < 1.29 is 18.3 Å². The van der Waals surface area contributed by atoms with Gasteiger partial charge in [0.2, 0.25) is 0 Å². The molecular formula is C9H8F3N3O. The highest BCUT2D eigenvalue weighted by Crippen LogP contribution is 2.20. The van der Waals surface area contributed by atoms with Crippen molar-refractivity contribution in [1.29, 1.82) is 5.26 Å². The van der Waals surface area contributed by atoms with Crippen molar-refractivity contribution in [2.45, 2.75) is 12.3 Å². The summed E-state index contributed by atoms with van der Waals surface area (Å²) in [6.45, 7) is -0.703. The molecule has 1 rings (SSSR count). The first-order chi connectivity index (χ1) is 7.43. The number of aliphatic hydroxyl groups is 1. The molecule has 1 atom stereocenters. The van der Waals surface area contributed by atoms with Gasteiger partial charge in [-0.25, -0.2) is 4.98 Å². The van der Waals surface area contributed by atoms with E-state index in [2.05, 4.69) is 10.3 Å². The maximum atomic E-state index is 11.9. The van der Waals surface area contributed by atoms with Gasteiger partial charge in [0.15, 0.2) is 6.10 Å². The van der Waals surface area contributed by atoms with Crippen LogP contribution in [0.25, 0.3) is 0 Å². The maximum Gasteiger partial charge on any atom is 0.416 e. The summed E-state index contributed by atoms with van der Waals surface area (Å²) >= 11 is 0. The van der Waals surface area contributed by atoms with Crippen LogP contribution in [0, 0.1) is 11.3 Å². The Morgan fingerprint density at radius 3 is 2.81 bits per heavy atom. The molecule has 0 saturated heterocycles. The largest absolute Gasteiger partial charge is 0.416 e. The first kappa shape index (κ1) is 12.3. The molecular weight excluding hydrogens is 223 g/mol. The summed E-state index contributed by atoms with van der Waals surface area (Å²) in [5.41, 5.74) is 0.277. The van der Waals surface area contributed by atoms with Crippen molar-refractivity contribution in [1.82, 2.24) is 4.98 Å². The minimum atomic E-state index is -4.67. The Bertz CT molecular complexity index is 400.